The molecule has 2 aliphatic rings. The summed E-state index contributed by atoms with van der Waals surface area (Å²) in [4.78, 5) is 14.5. The number of sulfonamides is 1. The van der Waals surface area contributed by atoms with Crippen molar-refractivity contribution in [2.45, 2.75) is 39.2 Å². The van der Waals surface area contributed by atoms with Gasteiger partial charge < -0.3 is 4.42 Å². The van der Waals surface area contributed by atoms with Gasteiger partial charge in [0.15, 0.2) is 0 Å². The number of carbonyl (C=O) groups is 1. The van der Waals surface area contributed by atoms with E-state index in [9.17, 15) is 13.2 Å². The highest BCUT2D eigenvalue weighted by molar-refractivity contribution is 7.89. The van der Waals surface area contributed by atoms with Crippen LogP contribution in [0, 0.1) is 16.7 Å². The van der Waals surface area contributed by atoms with Crippen molar-refractivity contribution in [2.24, 2.45) is 16.7 Å². The molecule has 1 aromatic heterocycles. The summed E-state index contributed by atoms with van der Waals surface area (Å²) in [5.74, 6) is 1.03. The van der Waals surface area contributed by atoms with Crippen molar-refractivity contribution in [1.82, 2.24) is 9.62 Å². The van der Waals surface area contributed by atoms with Crippen molar-refractivity contribution in [3.63, 3.8) is 0 Å². The number of likely N-dealkylation sites (N-methyl/N-ethyl adjacent to an activating group) is 1. The predicted molar refractivity (Wildman–Crippen MR) is 95.5 cm³/mol. The van der Waals surface area contributed by atoms with Crippen LogP contribution in [-0.2, 0) is 14.8 Å². The van der Waals surface area contributed by atoms with E-state index in [0.717, 1.165) is 6.42 Å². The quantitative estimate of drug-likeness (QED) is 0.798. The molecular weight excluding hydrogens is 340 g/mol. The number of carbonyl (C=O) groups excluding carboxylic acids is 1. The third-order valence-electron chi connectivity index (χ3n) is 6.57. The van der Waals surface area contributed by atoms with Crippen LogP contribution in [0.15, 0.2) is 22.8 Å². The van der Waals surface area contributed by atoms with Crippen molar-refractivity contribution in [3.05, 3.63) is 24.2 Å². The van der Waals surface area contributed by atoms with Crippen LogP contribution in [-0.4, -0.2) is 45.5 Å². The van der Waals surface area contributed by atoms with Crippen LogP contribution >= 0.6 is 0 Å². The maximum atomic E-state index is 12.8. The molecule has 2 aliphatic carbocycles. The summed E-state index contributed by atoms with van der Waals surface area (Å²) >= 11 is 0. The lowest BCUT2D eigenvalue weighted by Gasteiger charge is -2.36. The summed E-state index contributed by atoms with van der Waals surface area (Å²) < 4.78 is 33.7. The number of nitrogens with zero attached hydrogens (tertiary/aromatic N) is 1. The molecule has 7 heteroatoms. The van der Waals surface area contributed by atoms with Gasteiger partial charge in [-0.15, -0.1) is 0 Å². The second kappa shape index (κ2) is 6.21. The van der Waals surface area contributed by atoms with Gasteiger partial charge in [-0.25, -0.2) is 13.1 Å². The normalized spacial score (nSPS) is 29.5. The topological polar surface area (TPSA) is 79.6 Å². The lowest BCUT2D eigenvalue weighted by molar-refractivity contribution is -0.128. The number of nitrogens with one attached hydrogen (secondary N) is 1. The second-order valence-corrected chi connectivity index (χ2v) is 10.1. The maximum Gasteiger partial charge on any atom is 0.212 e. The molecule has 2 bridgehead atoms. The molecule has 0 aromatic carbocycles. The van der Waals surface area contributed by atoms with E-state index in [0.29, 0.717) is 24.5 Å². The Labute approximate surface area is 150 Å². The predicted octanol–water partition coefficient (Wildman–Crippen LogP) is 2.20. The van der Waals surface area contributed by atoms with Gasteiger partial charge in [0.25, 0.3) is 0 Å². The zero-order valence-electron chi connectivity index (χ0n) is 15.4. The van der Waals surface area contributed by atoms with Gasteiger partial charge >= 0.3 is 0 Å². The van der Waals surface area contributed by atoms with Gasteiger partial charge in [0.1, 0.15) is 11.5 Å². The minimum absolute atomic E-state index is 0.110. The Morgan fingerprint density at radius 2 is 2.12 bits per heavy atom. The first-order valence-electron chi connectivity index (χ1n) is 8.79. The molecule has 0 radical (unpaired) electrons. The van der Waals surface area contributed by atoms with Gasteiger partial charge in [-0.1, -0.05) is 13.8 Å². The third-order valence-corrected chi connectivity index (χ3v) is 8.05. The highest BCUT2D eigenvalue weighted by atomic mass is 32.2. The van der Waals surface area contributed by atoms with E-state index >= 15 is 0 Å². The lowest BCUT2D eigenvalue weighted by atomic mass is 9.70. The highest BCUT2D eigenvalue weighted by Crippen LogP contribution is 2.64. The number of rotatable bonds is 7. The van der Waals surface area contributed by atoms with Crippen LogP contribution < -0.4 is 4.72 Å². The molecule has 3 rings (SSSR count). The van der Waals surface area contributed by atoms with E-state index < -0.39 is 15.4 Å². The van der Waals surface area contributed by atoms with E-state index in [4.69, 9.17) is 4.42 Å². The molecule has 0 unspecified atom stereocenters. The molecule has 6 nitrogen and oxygen atoms in total. The summed E-state index contributed by atoms with van der Waals surface area (Å²) in [5.41, 5.74) is -0.984. The Balaban J connectivity index is 1.73. The first-order valence-corrected chi connectivity index (χ1v) is 10.4. The van der Waals surface area contributed by atoms with Gasteiger partial charge in [-0.05, 0) is 50.4 Å². The monoisotopic (exact) mass is 368 g/mol. The van der Waals surface area contributed by atoms with Crippen LogP contribution in [0.1, 0.15) is 44.9 Å². The number of ketones is 1. The highest BCUT2D eigenvalue weighted by Gasteiger charge is 2.65. The average molecular weight is 368 g/mol. The molecule has 140 valence electrons. The molecule has 0 spiro atoms. The van der Waals surface area contributed by atoms with Crippen LogP contribution in [0.2, 0.25) is 0 Å². The van der Waals surface area contributed by atoms with Gasteiger partial charge in [0.2, 0.25) is 10.0 Å². The SMILES string of the molecule is CN(C)[C@H](CNS(=O)(=O)C[C@@]12CC[C@@H](CC1=O)C2(C)C)c1ccco1. The van der Waals surface area contributed by atoms with Crippen molar-refractivity contribution in [2.75, 3.05) is 26.4 Å². The largest absolute Gasteiger partial charge is 0.468 e. The Bertz CT molecular complexity index is 739. The molecule has 25 heavy (non-hydrogen) atoms. The molecule has 3 atom stereocenters. The lowest BCUT2D eigenvalue weighted by Crippen LogP contribution is -2.46. The number of furan rings is 1. The molecular formula is C18H28N2O4S. The van der Waals surface area contributed by atoms with E-state index in [1.165, 1.54) is 0 Å². The molecule has 1 aromatic rings. The molecule has 0 amide bonds. The van der Waals surface area contributed by atoms with Crippen molar-refractivity contribution in [3.8, 4) is 0 Å². The molecule has 2 fully saturated rings. The summed E-state index contributed by atoms with van der Waals surface area (Å²) in [6, 6.07) is 3.44. The van der Waals surface area contributed by atoms with Crippen LogP contribution in [0.25, 0.3) is 0 Å². The van der Waals surface area contributed by atoms with Gasteiger partial charge in [-0.3, -0.25) is 9.69 Å². The fraction of sp³-hybridized carbons (Fsp3) is 0.722. The average Bonchev–Trinajstić information content (AvgIpc) is 3.13. The summed E-state index contributed by atoms with van der Waals surface area (Å²) in [7, 11) is 0.189. The van der Waals surface area contributed by atoms with Crippen LogP contribution in [0.3, 0.4) is 0 Å². The standard InChI is InChI=1S/C18H28N2O4S/c1-17(2)13-7-8-18(17,16(21)10-13)12-25(22,23)19-11-14(20(3)4)15-6-5-9-24-15/h5-6,9,13-14,19H,7-8,10-12H2,1-4H3/t13-,14+,18-/m0/s1. The van der Waals surface area contributed by atoms with E-state index in [1.54, 1.807) is 12.3 Å². The summed E-state index contributed by atoms with van der Waals surface area (Å²) in [6.07, 6.45) is 3.73. The Hall–Kier alpha value is -1.18. The van der Waals surface area contributed by atoms with Crippen molar-refractivity contribution in [1.29, 1.82) is 0 Å². The fourth-order valence-corrected chi connectivity index (χ4v) is 6.55. The van der Waals surface area contributed by atoms with E-state index in [1.807, 2.05) is 25.1 Å². The number of hydrogen-bond donors (Lipinski definition) is 1. The third kappa shape index (κ3) is 3.06. The van der Waals surface area contributed by atoms with E-state index in [-0.39, 0.29) is 29.5 Å². The minimum atomic E-state index is -3.57. The fourth-order valence-electron chi connectivity index (χ4n) is 4.71. The molecule has 1 N–H and O–H groups in total. The molecule has 2 saturated carbocycles. The summed E-state index contributed by atoms with van der Waals surface area (Å²) in [5, 5.41) is 0. The Kier molecular flexibility index (Phi) is 4.62. The smallest absolute Gasteiger partial charge is 0.212 e. The molecule has 0 aliphatic heterocycles. The van der Waals surface area contributed by atoms with Gasteiger partial charge in [0.05, 0.1) is 18.1 Å². The Morgan fingerprint density at radius 1 is 1.40 bits per heavy atom. The van der Waals surface area contributed by atoms with Gasteiger partial charge in [-0.2, -0.15) is 0 Å². The maximum absolute atomic E-state index is 12.8. The van der Waals surface area contributed by atoms with Crippen LogP contribution in [0.4, 0.5) is 0 Å². The second-order valence-electron chi connectivity index (χ2n) is 8.27. The molecule has 1 heterocycles. The minimum Gasteiger partial charge on any atom is -0.468 e. The Morgan fingerprint density at radius 3 is 2.60 bits per heavy atom. The zero-order chi connectivity index (χ0) is 18.5. The first-order chi connectivity index (χ1) is 11.6. The zero-order valence-corrected chi connectivity index (χ0v) is 16.2. The van der Waals surface area contributed by atoms with Crippen LogP contribution in [0.5, 0.6) is 0 Å². The molecule has 0 saturated heterocycles. The summed E-state index contributed by atoms with van der Waals surface area (Å²) in [6.45, 7) is 4.32. The van der Waals surface area contributed by atoms with Gasteiger partial charge in [0, 0.05) is 18.4 Å². The number of Topliss-reactive ketones (excluding diaryl/α,β-unsaturated/α-hetero) is 1. The van der Waals surface area contributed by atoms with Crippen molar-refractivity contribution < 1.29 is 17.6 Å². The number of fused-ring (bicyclic) bond motifs is 2. The first kappa shape index (κ1) is 18.6. The number of hydrogen-bond acceptors (Lipinski definition) is 5. The van der Waals surface area contributed by atoms with Crippen molar-refractivity contribution >= 4 is 15.8 Å². The van der Waals surface area contributed by atoms with E-state index in [2.05, 4.69) is 18.6 Å².